The van der Waals surface area contributed by atoms with Gasteiger partial charge in [0, 0.05) is 10.9 Å². The molecule has 0 amide bonds. The quantitative estimate of drug-likeness (QED) is 0.621. The number of benzene rings is 2. The van der Waals surface area contributed by atoms with Gasteiger partial charge in [0.05, 0.1) is 0 Å². The maximum Gasteiger partial charge on any atom is 0.0266 e. The predicted octanol–water partition coefficient (Wildman–Crippen LogP) is 4.43. The van der Waals surface area contributed by atoms with E-state index in [0.717, 1.165) is 12.2 Å². The molecule has 0 aliphatic carbocycles. The Morgan fingerprint density at radius 1 is 1.00 bits per heavy atom. The molecule has 2 aromatic rings. The first-order valence-electron chi connectivity index (χ1n) is 6.78. The second-order valence-corrected chi connectivity index (χ2v) is 5.96. The summed E-state index contributed by atoms with van der Waals surface area (Å²) in [5, 5.41) is 0. The van der Waals surface area contributed by atoms with Gasteiger partial charge in [0.15, 0.2) is 0 Å². The summed E-state index contributed by atoms with van der Waals surface area (Å²) in [6.07, 6.45) is 2.37. The lowest BCUT2D eigenvalue weighted by Gasteiger charge is -2.07. The molecular formula is C17H21NS. The van der Waals surface area contributed by atoms with Gasteiger partial charge in [-0.15, -0.1) is 11.8 Å². The molecule has 2 rings (SSSR count). The molecule has 19 heavy (non-hydrogen) atoms. The second kappa shape index (κ2) is 7.37. The van der Waals surface area contributed by atoms with E-state index in [-0.39, 0.29) is 6.04 Å². The van der Waals surface area contributed by atoms with E-state index in [4.69, 9.17) is 5.73 Å². The van der Waals surface area contributed by atoms with Crippen molar-refractivity contribution in [1.82, 2.24) is 0 Å². The van der Waals surface area contributed by atoms with Crippen LogP contribution in [0.15, 0.2) is 59.5 Å². The number of rotatable bonds is 6. The van der Waals surface area contributed by atoms with Gasteiger partial charge >= 0.3 is 0 Å². The number of nitrogens with two attached hydrogens (primary N) is 1. The maximum absolute atomic E-state index is 5.84. The smallest absolute Gasteiger partial charge is 0.0266 e. The van der Waals surface area contributed by atoms with Gasteiger partial charge in [0.1, 0.15) is 0 Å². The van der Waals surface area contributed by atoms with Gasteiger partial charge in [-0.1, -0.05) is 42.5 Å². The van der Waals surface area contributed by atoms with Crippen molar-refractivity contribution >= 4 is 11.8 Å². The fourth-order valence-electron chi connectivity index (χ4n) is 1.98. The number of hydrogen-bond acceptors (Lipinski definition) is 2. The zero-order valence-corrected chi connectivity index (χ0v) is 12.2. The Labute approximate surface area is 120 Å². The molecule has 2 aromatic carbocycles. The number of hydrogen-bond donors (Lipinski definition) is 1. The summed E-state index contributed by atoms with van der Waals surface area (Å²) in [7, 11) is 0. The highest BCUT2D eigenvalue weighted by Crippen LogP contribution is 2.21. The maximum atomic E-state index is 5.84. The van der Waals surface area contributed by atoms with Gasteiger partial charge < -0.3 is 5.73 Å². The van der Waals surface area contributed by atoms with E-state index < -0.39 is 0 Å². The minimum Gasteiger partial charge on any atom is -0.324 e. The van der Waals surface area contributed by atoms with Gasteiger partial charge in [-0.25, -0.2) is 0 Å². The molecule has 0 heterocycles. The molecule has 1 nitrogen and oxygen atoms in total. The van der Waals surface area contributed by atoms with Crippen molar-refractivity contribution in [3.05, 3.63) is 65.7 Å². The van der Waals surface area contributed by atoms with Crippen LogP contribution in [0.4, 0.5) is 0 Å². The second-order valence-electron chi connectivity index (χ2n) is 4.80. The monoisotopic (exact) mass is 271 g/mol. The Morgan fingerprint density at radius 3 is 2.32 bits per heavy atom. The van der Waals surface area contributed by atoms with E-state index in [0.29, 0.717) is 0 Å². The first-order valence-corrected chi connectivity index (χ1v) is 7.76. The van der Waals surface area contributed by atoms with Crippen LogP contribution in [0.25, 0.3) is 0 Å². The minimum absolute atomic E-state index is 0.122. The van der Waals surface area contributed by atoms with Gasteiger partial charge in [-0.3, -0.25) is 0 Å². The van der Waals surface area contributed by atoms with Crippen LogP contribution in [0, 0.1) is 0 Å². The lowest BCUT2D eigenvalue weighted by molar-refractivity contribution is 0.817. The lowest BCUT2D eigenvalue weighted by Crippen LogP contribution is -2.04. The zero-order chi connectivity index (χ0) is 13.5. The first kappa shape index (κ1) is 14.2. The summed E-state index contributed by atoms with van der Waals surface area (Å²) in [5.41, 5.74) is 8.47. The third kappa shape index (κ3) is 4.73. The van der Waals surface area contributed by atoms with E-state index in [2.05, 4.69) is 54.6 Å². The third-order valence-corrected chi connectivity index (χ3v) is 4.23. The van der Waals surface area contributed by atoms with Crippen LogP contribution in [-0.2, 0) is 6.42 Å². The highest BCUT2D eigenvalue weighted by atomic mass is 32.2. The van der Waals surface area contributed by atoms with Gasteiger partial charge in [0.2, 0.25) is 0 Å². The molecule has 0 aromatic heterocycles. The number of aryl methyl sites for hydroxylation is 1. The Hall–Kier alpha value is -1.25. The summed E-state index contributed by atoms with van der Waals surface area (Å²) in [4.78, 5) is 1.33. The molecular weight excluding hydrogens is 250 g/mol. The van der Waals surface area contributed by atoms with Crippen molar-refractivity contribution in [1.29, 1.82) is 0 Å². The third-order valence-electron chi connectivity index (χ3n) is 3.13. The van der Waals surface area contributed by atoms with Crippen LogP contribution in [0.1, 0.15) is 30.5 Å². The normalized spacial score (nSPS) is 12.3. The van der Waals surface area contributed by atoms with Gasteiger partial charge in [-0.2, -0.15) is 0 Å². The molecule has 0 saturated carbocycles. The molecule has 0 fully saturated rings. The minimum atomic E-state index is 0.122. The van der Waals surface area contributed by atoms with Crippen molar-refractivity contribution in [2.45, 2.75) is 30.7 Å². The molecule has 1 atom stereocenters. The molecule has 2 N–H and O–H groups in total. The highest BCUT2D eigenvalue weighted by molar-refractivity contribution is 7.99. The molecule has 0 aliphatic rings. The molecule has 0 radical (unpaired) electrons. The number of thioether (sulfide) groups is 1. The van der Waals surface area contributed by atoms with Crippen LogP contribution in [-0.4, -0.2) is 5.75 Å². The van der Waals surface area contributed by atoms with E-state index in [1.807, 2.05) is 18.7 Å². The van der Waals surface area contributed by atoms with Crippen molar-refractivity contribution in [3.63, 3.8) is 0 Å². The Kier molecular flexibility index (Phi) is 5.49. The Morgan fingerprint density at radius 2 is 1.68 bits per heavy atom. The molecule has 0 aliphatic heterocycles. The standard InChI is InChI=1S/C17H21NS/c1-14(18)16-9-11-17(12-10-16)19-13-5-8-15-6-3-2-4-7-15/h2-4,6-7,9-12,14H,5,8,13,18H2,1H3. The van der Waals surface area contributed by atoms with Crippen molar-refractivity contribution in [2.24, 2.45) is 5.73 Å². The molecule has 0 bridgehead atoms. The van der Waals surface area contributed by atoms with Crippen molar-refractivity contribution < 1.29 is 0 Å². The van der Waals surface area contributed by atoms with E-state index in [9.17, 15) is 0 Å². The zero-order valence-electron chi connectivity index (χ0n) is 11.4. The predicted molar refractivity (Wildman–Crippen MR) is 84.5 cm³/mol. The fraction of sp³-hybridized carbons (Fsp3) is 0.294. The average molecular weight is 271 g/mol. The van der Waals surface area contributed by atoms with Gasteiger partial charge in [0.25, 0.3) is 0 Å². The van der Waals surface area contributed by atoms with Crippen LogP contribution in [0.3, 0.4) is 0 Å². The van der Waals surface area contributed by atoms with Gasteiger partial charge in [-0.05, 0) is 48.8 Å². The highest BCUT2D eigenvalue weighted by Gasteiger charge is 1.99. The summed E-state index contributed by atoms with van der Waals surface area (Å²) in [5.74, 6) is 1.16. The fourth-order valence-corrected chi connectivity index (χ4v) is 2.83. The molecule has 2 heteroatoms. The first-order chi connectivity index (χ1) is 9.25. The van der Waals surface area contributed by atoms with Crippen molar-refractivity contribution in [3.8, 4) is 0 Å². The summed E-state index contributed by atoms with van der Waals surface area (Å²) >= 11 is 1.92. The Balaban J connectivity index is 1.74. The lowest BCUT2D eigenvalue weighted by atomic mass is 10.1. The SMILES string of the molecule is CC(N)c1ccc(SCCCc2ccccc2)cc1. The van der Waals surface area contributed by atoms with E-state index in [1.54, 1.807) is 0 Å². The Bertz CT molecular complexity index is 476. The summed E-state index contributed by atoms with van der Waals surface area (Å²) < 4.78 is 0. The summed E-state index contributed by atoms with van der Waals surface area (Å²) in [6, 6.07) is 19.4. The van der Waals surface area contributed by atoms with Crippen LogP contribution < -0.4 is 5.73 Å². The molecule has 0 saturated heterocycles. The van der Waals surface area contributed by atoms with Crippen LogP contribution in [0.5, 0.6) is 0 Å². The van der Waals surface area contributed by atoms with E-state index >= 15 is 0 Å². The van der Waals surface area contributed by atoms with E-state index in [1.165, 1.54) is 22.4 Å². The average Bonchev–Trinajstić information content (AvgIpc) is 2.45. The topological polar surface area (TPSA) is 26.0 Å². The van der Waals surface area contributed by atoms with Crippen molar-refractivity contribution in [2.75, 3.05) is 5.75 Å². The molecule has 1 unspecified atom stereocenters. The summed E-state index contributed by atoms with van der Waals surface area (Å²) in [6.45, 7) is 2.02. The van der Waals surface area contributed by atoms with Crippen LogP contribution in [0.2, 0.25) is 0 Å². The molecule has 0 spiro atoms. The largest absolute Gasteiger partial charge is 0.324 e. The molecule has 100 valence electrons. The van der Waals surface area contributed by atoms with Crippen LogP contribution >= 0.6 is 11.8 Å².